The lowest BCUT2D eigenvalue weighted by Gasteiger charge is -2.15. The molecule has 0 spiro atoms. The van der Waals surface area contributed by atoms with Crippen molar-refractivity contribution < 1.29 is 18.0 Å². The highest BCUT2D eigenvalue weighted by Crippen LogP contribution is 2.26. The van der Waals surface area contributed by atoms with E-state index >= 15 is 0 Å². The van der Waals surface area contributed by atoms with Gasteiger partial charge >= 0.3 is 0 Å². The Kier molecular flexibility index (Phi) is 4.90. The molecule has 1 aliphatic carbocycles. The van der Waals surface area contributed by atoms with Gasteiger partial charge in [0, 0.05) is 11.4 Å². The fourth-order valence-electron chi connectivity index (χ4n) is 3.55. The number of halogens is 3. The summed E-state index contributed by atoms with van der Waals surface area (Å²) in [7, 11) is 0. The molecule has 144 valence electrons. The second-order valence-corrected chi connectivity index (χ2v) is 6.71. The zero-order valence-electron chi connectivity index (χ0n) is 15.0. The van der Waals surface area contributed by atoms with Gasteiger partial charge in [-0.25, -0.2) is 18.2 Å². The minimum atomic E-state index is -1.66. The van der Waals surface area contributed by atoms with Gasteiger partial charge in [-0.05, 0) is 49.9 Å². The van der Waals surface area contributed by atoms with E-state index < -0.39 is 28.9 Å². The third-order valence-corrected chi connectivity index (χ3v) is 4.90. The molecule has 3 aromatic rings. The third-order valence-electron chi connectivity index (χ3n) is 4.90. The van der Waals surface area contributed by atoms with Crippen molar-refractivity contribution in [3.8, 4) is 5.69 Å². The van der Waals surface area contributed by atoms with E-state index in [9.17, 15) is 18.0 Å². The standard InChI is InChI=1S/C21H18F3N3O/c22-15-11-10-14(19(23)20(15)24)21(28)25-12-18-26-16-8-4-5-9-17(16)27(18)13-6-2-1-3-7-13/h1-3,6-7,10-11H,4-5,8-9,12H2,(H,25,28). The summed E-state index contributed by atoms with van der Waals surface area (Å²) in [6.45, 7) is 0.0408. The smallest absolute Gasteiger partial charge is 0.254 e. The number of fused-ring (bicyclic) bond motifs is 1. The van der Waals surface area contributed by atoms with Crippen molar-refractivity contribution >= 4 is 5.91 Å². The highest BCUT2D eigenvalue weighted by molar-refractivity contribution is 5.94. The number of aromatic nitrogens is 2. The van der Waals surface area contributed by atoms with Gasteiger partial charge in [0.25, 0.3) is 5.91 Å². The number of benzene rings is 2. The minimum Gasteiger partial charge on any atom is -0.345 e. The summed E-state index contributed by atoms with van der Waals surface area (Å²) in [5, 5.41) is 2.57. The fourth-order valence-corrected chi connectivity index (χ4v) is 3.55. The van der Waals surface area contributed by atoms with E-state index in [1.54, 1.807) is 0 Å². The predicted octanol–water partition coefficient (Wildman–Crippen LogP) is 4.10. The van der Waals surface area contributed by atoms with E-state index in [0.717, 1.165) is 54.9 Å². The quantitative estimate of drug-likeness (QED) is 0.688. The van der Waals surface area contributed by atoms with E-state index in [2.05, 4.69) is 10.3 Å². The van der Waals surface area contributed by atoms with Crippen molar-refractivity contribution in [1.82, 2.24) is 14.9 Å². The molecule has 7 heteroatoms. The second kappa shape index (κ2) is 7.50. The van der Waals surface area contributed by atoms with Gasteiger partial charge in [-0.2, -0.15) is 0 Å². The van der Waals surface area contributed by atoms with E-state index in [1.165, 1.54) is 0 Å². The Labute approximate surface area is 160 Å². The Balaban J connectivity index is 1.63. The van der Waals surface area contributed by atoms with E-state index in [0.29, 0.717) is 5.82 Å². The number of rotatable bonds is 4. The Bertz CT molecular complexity index is 1030. The molecule has 0 radical (unpaired) electrons. The third kappa shape index (κ3) is 3.28. The Morgan fingerprint density at radius 3 is 2.54 bits per heavy atom. The zero-order valence-corrected chi connectivity index (χ0v) is 15.0. The van der Waals surface area contributed by atoms with Crippen molar-refractivity contribution in [2.24, 2.45) is 0 Å². The first-order valence-corrected chi connectivity index (χ1v) is 9.12. The molecule has 1 amide bonds. The Morgan fingerprint density at radius 1 is 1.00 bits per heavy atom. The lowest BCUT2D eigenvalue weighted by molar-refractivity contribution is 0.0944. The van der Waals surface area contributed by atoms with Crippen LogP contribution in [-0.4, -0.2) is 15.5 Å². The van der Waals surface area contributed by atoms with Crippen LogP contribution in [0.15, 0.2) is 42.5 Å². The first-order chi connectivity index (χ1) is 13.6. The largest absolute Gasteiger partial charge is 0.345 e. The number of para-hydroxylation sites is 1. The number of aryl methyl sites for hydroxylation is 1. The van der Waals surface area contributed by atoms with Crippen LogP contribution in [0.2, 0.25) is 0 Å². The molecule has 1 heterocycles. The molecule has 0 bridgehead atoms. The summed E-state index contributed by atoms with van der Waals surface area (Å²) in [5.74, 6) is -4.69. The van der Waals surface area contributed by atoms with E-state index in [-0.39, 0.29) is 6.54 Å². The van der Waals surface area contributed by atoms with Crippen molar-refractivity contribution in [3.05, 3.63) is 82.7 Å². The Morgan fingerprint density at radius 2 is 1.75 bits per heavy atom. The average Bonchev–Trinajstić information content (AvgIpc) is 3.09. The molecule has 1 aliphatic rings. The maximum atomic E-state index is 13.9. The maximum Gasteiger partial charge on any atom is 0.254 e. The number of amides is 1. The zero-order chi connectivity index (χ0) is 19.7. The predicted molar refractivity (Wildman–Crippen MR) is 97.7 cm³/mol. The van der Waals surface area contributed by atoms with Crippen LogP contribution in [0.1, 0.15) is 40.4 Å². The SMILES string of the molecule is O=C(NCc1nc2c(n1-c1ccccc1)CCCC2)c1ccc(F)c(F)c1F. The number of hydrogen-bond acceptors (Lipinski definition) is 2. The van der Waals surface area contributed by atoms with Crippen molar-refractivity contribution in [3.63, 3.8) is 0 Å². The normalized spacial score (nSPS) is 13.2. The lowest BCUT2D eigenvalue weighted by Crippen LogP contribution is -2.26. The van der Waals surface area contributed by atoms with Crippen LogP contribution in [0, 0.1) is 17.5 Å². The summed E-state index contributed by atoms with van der Waals surface area (Å²) in [6.07, 6.45) is 3.89. The highest BCUT2D eigenvalue weighted by Gasteiger charge is 2.23. The molecule has 0 saturated carbocycles. The molecule has 1 N–H and O–H groups in total. The summed E-state index contributed by atoms with van der Waals surface area (Å²) < 4.78 is 42.4. The average molecular weight is 385 g/mol. The Hall–Kier alpha value is -3.09. The molecule has 2 aromatic carbocycles. The summed E-state index contributed by atoms with van der Waals surface area (Å²) in [5.41, 5.74) is 2.50. The number of hydrogen-bond donors (Lipinski definition) is 1. The van der Waals surface area contributed by atoms with Crippen molar-refractivity contribution in [2.45, 2.75) is 32.2 Å². The molecule has 1 aromatic heterocycles. The highest BCUT2D eigenvalue weighted by atomic mass is 19.2. The number of nitrogens with zero attached hydrogens (tertiary/aromatic N) is 2. The van der Waals surface area contributed by atoms with Gasteiger partial charge in [-0.1, -0.05) is 18.2 Å². The number of nitrogens with one attached hydrogen (secondary N) is 1. The molecule has 4 rings (SSSR count). The lowest BCUT2D eigenvalue weighted by atomic mass is 10.0. The summed E-state index contributed by atoms with van der Waals surface area (Å²) in [4.78, 5) is 17.0. The van der Waals surface area contributed by atoms with Gasteiger partial charge in [0.1, 0.15) is 5.82 Å². The maximum absolute atomic E-state index is 13.9. The molecule has 0 saturated heterocycles. The number of carbonyl (C=O) groups is 1. The van der Waals surface area contributed by atoms with Crippen LogP contribution in [0.5, 0.6) is 0 Å². The van der Waals surface area contributed by atoms with Crippen LogP contribution < -0.4 is 5.32 Å². The first-order valence-electron chi connectivity index (χ1n) is 9.12. The summed E-state index contributed by atoms with van der Waals surface area (Å²) >= 11 is 0. The van der Waals surface area contributed by atoms with Gasteiger partial charge < -0.3 is 5.32 Å². The van der Waals surface area contributed by atoms with Gasteiger partial charge in [0.15, 0.2) is 17.5 Å². The van der Waals surface area contributed by atoms with Gasteiger partial charge in [-0.3, -0.25) is 9.36 Å². The van der Waals surface area contributed by atoms with E-state index in [4.69, 9.17) is 0 Å². The van der Waals surface area contributed by atoms with Gasteiger partial charge in [0.2, 0.25) is 0 Å². The molecule has 0 unspecified atom stereocenters. The van der Waals surface area contributed by atoms with Gasteiger partial charge in [-0.15, -0.1) is 0 Å². The molecule has 0 fully saturated rings. The van der Waals surface area contributed by atoms with Crippen molar-refractivity contribution in [1.29, 1.82) is 0 Å². The number of carbonyl (C=O) groups excluding carboxylic acids is 1. The molecule has 0 aliphatic heterocycles. The molecule has 0 atom stereocenters. The van der Waals surface area contributed by atoms with Crippen LogP contribution in [0.3, 0.4) is 0 Å². The van der Waals surface area contributed by atoms with Crippen molar-refractivity contribution in [2.75, 3.05) is 0 Å². The second-order valence-electron chi connectivity index (χ2n) is 6.71. The van der Waals surface area contributed by atoms with Crippen LogP contribution in [0.25, 0.3) is 5.69 Å². The molecular formula is C21H18F3N3O. The number of imidazole rings is 1. The minimum absolute atomic E-state index is 0.0408. The first kappa shape index (κ1) is 18.3. The topological polar surface area (TPSA) is 46.9 Å². The monoisotopic (exact) mass is 385 g/mol. The van der Waals surface area contributed by atoms with Crippen LogP contribution in [-0.2, 0) is 19.4 Å². The van der Waals surface area contributed by atoms with E-state index in [1.807, 2.05) is 34.9 Å². The van der Waals surface area contributed by atoms with Crippen LogP contribution >= 0.6 is 0 Å². The summed E-state index contributed by atoms with van der Waals surface area (Å²) in [6, 6.07) is 11.3. The molecular weight excluding hydrogens is 367 g/mol. The molecule has 28 heavy (non-hydrogen) atoms. The molecule has 4 nitrogen and oxygen atoms in total. The fraction of sp³-hybridized carbons (Fsp3) is 0.238. The van der Waals surface area contributed by atoms with Gasteiger partial charge in [0.05, 0.1) is 17.8 Å². The van der Waals surface area contributed by atoms with Crippen LogP contribution in [0.4, 0.5) is 13.2 Å².